The van der Waals surface area contributed by atoms with Crippen LogP contribution in [0.2, 0.25) is 5.02 Å². The Hall–Kier alpha value is -2.86. The summed E-state index contributed by atoms with van der Waals surface area (Å²) in [6, 6.07) is 12.1. The van der Waals surface area contributed by atoms with E-state index < -0.39 is 5.60 Å². The number of pyridine rings is 1. The maximum absolute atomic E-state index is 13.5. The molecule has 0 saturated heterocycles. The quantitative estimate of drug-likeness (QED) is 0.372. The Kier molecular flexibility index (Phi) is 5.91. The molecule has 1 aromatic carbocycles. The third-order valence-corrected chi connectivity index (χ3v) is 8.18. The van der Waals surface area contributed by atoms with Gasteiger partial charge in [0.05, 0.1) is 5.02 Å². The van der Waals surface area contributed by atoms with E-state index in [2.05, 4.69) is 22.1 Å². The number of aromatic amines is 1. The predicted octanol–water partition coefficient (Wildman–Crippen LogP) is 7.11. The van der Waals surface area contributed by atoms with Gasteiger partial charge in [-0.15, -0.1) is 0 Å². The van der Waals surface area contributed by atoms with E-state index in [1.54, 1.807) is 6.20 Å². The van der Waals surface area contributed by atoms with Crippen LogP contribution in [0.4, 0.5) is 4.79 Å². The molecule has 0 unspecified atom stereocenters. The smallest absolute Gasteiger partial charge is 0.411 e. The number of fused-ring (bicyclic) bond motifs is 4. The zero-order valence-corrected chi connectivity index (χ0v) is 21.4. The first kappa shape index (κ1) is 23.9. The van der Waals surface area contributed by atoms with Gasteiger partial charge in [-0.2, -0.15) is 0 Å². The molecule has 1 amide bonds. The molecule has 0 atom stereocenters. The standard InChI is InChI=1S/C28H33ClN4O2/c1-26(2,3)35-25(34)33(18-19-7-5-4-6-8-19)28-13-10-27(11-14-28,12-15-28)23(30)22-20-9-16-31-24(20)32-17-21(22)29/h4-9,16-17,30H,10-15,18H2,1-3H3,(H,31,32). The van der Waals surface area contributed by atoms with E-state index in [9.17, 15) is 10.2 Å². The van der Waals surface area contributed by atoms with Gasteiger partial charge in [-0.1, -0.05) is 41.9 Å². The monoisotopic (exact) mass is 492 g/mol. The van der Waals surface area contributed by atoms with E-state index >= 15 is 0 Å². The van der Waals surface area contributed by atoms with Gasteiger partial charge >= 0.3 is 6.09 Å². The van der Waals surface area contributed by atoms with Gasteiger partial charge in [0.15, 0.2) is 0 Å². The number of carbonyl (C=O) groups excluding carboxylic acids is 1. The minimum atomic E-state index is -0.558. The first-order chi connectivity index (χ1) is 16.6. The Bertz CT molecular complexity index is 1240. The van der Waals surface area contributed by atoms with E-state index in [-0.39, 0.29) is 17.0 Å². The summed E-state index contributed by atoms with van der Waals surface area (Å²) >= 11 is 6.59. The second-order valence-corrected chi connectivity index (χ2v) is 11.6. The SMILES string of the molecule is CC(C)(C)OC(=O)N(Cc1ccccc1)C12CCC(C(=N)c3c(Cl)cnc4[nH]ccc34)(CC1)CC2. The molecule has 0 spiro atoms. The van der Waals surface area contributed by atoms with Crippen LogP contribution in [-0.2, 0) is 11.3 Å². The van der Waals surface area contributed by atoms with E-state index in [4.69, 9.17) is 16.3 Å². The van der Waals surface area contributed by atoms with E-state index in [1.807, 2.05) is 56.1 Å². The lowest BCUT2D eigenvalue weighted by Gasteiger charge is -2.57. The summed E-state index contributed by atoms with van der Waals surface area (Å²) in [6.07, 6.45) is 8.33. The minimum absolute atomic E-state index is 0.233. The van der Waals surface area contributed by atoms with Crippen LogP contribution < -0.4 is 0 Å². The van der Waals surface area contributed by atoms with Crippen molar-refractivity contribution in [1.82, 2.24) is 14.9 Å². The topological polar surface area (TPSA) is 82.1 Å². The number of rotatable bonds is 5. The zero-order valence-electron chi connectivity index (χ0n) is 20.7. The van der Waals surface area contributed by atoms with Crippen LogP contribution in [0, 0.1) is 10.8 Å². The molecule has 3 aliphatic carbocycles. The molecule has 0 radical (unpaired) electrons. The molecule has 35 heavy (non-hydrogen) atoms. The van der Waals surface area contributed by atoms with Crippen molar-refractivity contribution in [3.63, 3.8) is 0 Å². The molecule has 184 valence electrons. The number of ether oxygens (including phenoxy) is 1. The molecular formula is C28H33ClN4O2. The molecule has 3 saturated carbocycles. The number of H-pyrrole nitrogens is 1. The fourth-order valence-electron chi connectivity index (χ4n) is 5.96. The highest BCUT2D eigenvalue weighted by molar-refractivity contribution is 6.36. The lowest BCUT2D eigenvalue weighted by molar-refractivity contribution is -0.0512. The normalized spacial score (nSPS) is 23.9. The first-order valence-corrected chi connectivity index (χ1v) is 12.8. The van der Waals surface area contributed by atoms with E-state index in [0.717, 1.165) is 60.7 Å². The average molecular weight is 493 g/mol. The van der Waals surface area contributed by atoms with Gasteiger partial charge < -0.3 is 15.1 Å². The van der Waals surface area contributed by atoms with Gasteiger partial charge in [0.25, 0.3) is 0 Å². The van der Waals surface area contributed by atoms with Gasteiger partial charge in [-0.3, -0.25) is 4.90 Å². The van der Waals surface area contributed by atoms with Crippen LogP contribution in [0.25, 0.3) is 11.0 Å². The second-order valence-electron chi connectivity index (χ2n) is 11.2. The lowest BCUT2D eigenvalue weighted by atomic mass is 9.54. The summed E-state index contributed by atoms with van der Waals surface area (Å²) in [4.78, 5) is 23.0. The van der Waals surface area contributed by atoms with Crippen LogP contribution in [0.3, 0.4) is 0 Å². The Balaban J connectivity index is 1.43. The fraction of sp³-hybridized carbons (Fsp3) is 0.464. The molecular weight excluding hydrogens is 460 g/mol. The highest BCUT2D eigenvalue weighted by Crippen LogP contribution is 2.57. The van der Waals surface area contributed by atoms with Crippen molar-refractivity contribution in [2.75, 3.05) is 0 Å². The number of amides is 1. The van der Waals surface area contributed by atoms with Gasteiger partial charge in [0.2, 0.25) is 0 Å². The van der Waals surface area contributed by atoms with Gasteiger partial charge in [0, 0.05) is 46.6 Å². The summed E-state index contributed by atoms with van der Waals surface area (Å²) in [5.41, 5.74) is 2.20. The van der Waals surface area contributed by atoms with Crippen molar-refractivity contribution in [2.24, 2.45) is 5.41 Å². The van der Waals surface area contributed by atoms with E-state index in [0.29, 0.717) is 17.3 Å². The molecule has 2 bridgehead atoms. The minimum Gasteiger partial charge on any atom is -0.444 e. The van der Waals surface area contributed by atoms with E-state index in [1.165, 1.54) is 0 Å². The molecule has 7 heteroatoms. The molecule has 3 aliphatic rings. The predicted molar refractivity (Wildman–Crippen MR) is 139 cm³/mol. The summed E-state index contributed by atoms with van der Waals surface area (Å²) in [5.74, 6) is 0. The Morgan fingerprint density at radius 1 is 1.11 bits per heavy atom. The van der Waals surface area contributed by atoms with Crippen LogP contribution >= 0.6 is 11.6 Å². The number of halogens is 1. The highest BCUT2D eigenvalue weighted by atomic mass is 35.5. The molecule has 2 heterocycles. The highest BCUT2D eigenvalue weighted by Gasteiger charge is 2.55. The first-order valence-electron chi connectivity index (χ1n) is 12.4. The third kappa shape index (κ3) is 4.33. The Morgan fingerprint density at radius 2 is 1.77 bits per heavy atom. The Morgan fingerprint density at radius 3 is 2.40 bits per heavy atom. The summed E-state index contributed by atoms with van der Waals surface area (Å²) in [7, 11) is 0. The molecule has 6 rings (SSSR count). The lowest BCUT2D eigenvalue weighted by Crippen LogP contribution is -2.60. The van der Waals surface area contributed by atoms with Crippen molar-refractivity contribution < 1.29 is 9.53 Å². The number of nitrogens with zero attached hydrogens (tertiary/aromatic N) is 2. The number of benzene rings is 1. The molecule has 6 nitrogen and oxygen atoms in total. The number of carbonyl (C=O) groups is 1. The van der Waals surface area contributed by atoms with Crippen LogP contribution in [0.15, 0.2) is 48.8 Å². The maximum atomic E-state index is 13.5. The molecule has 3 fully saturated rings. The van der Waals surface area contributed by atoms with Gasteiger partial charge in [0.1, 0.15) is 11.2 Å². The summed E-state index contributed by atoms with van der Waals surface area (Å²) in [5, 5.41) is 10.7. The molecule has 2 aromatic heterocycles. The number of aromatic nitrogens is 2. The Labute approximate surface area is 211 Å². The average Bonchev–Trinajstić information content (AvgIpc) is 3.31. The maximum Gasteiger partial charge on any atom is 0.411 e. The molecule has 3 aromatic rings. The van der Waals surface area contributed by atoms with Crippen molar-refractivity contribution in [1.29, 1.82) is 5.41 Å². The van der Waals surface area contributed by atoms with Crippen LogP contribution in [0.5, 0.6) is 0 Å². The summed E-state index contributed by atoms with van der Waals surface area (Å²) in [6.45, 7) is 6.27. The van der Waals surface area contributed by atoms with Crippen molar-refractivity contribution in [3.8, 4) is 0 Å². The van der Waals surface area contributed by atoms with Crippen LogP contribution in [-0.4, -0.2) is 37.8 Å². The summed E-state index contributed by atoms with van der Waals surface area (Å²) < 4.78 is 5.88. The molecule has 2 N–H and O–H groups in total. The number of nitrogens with one attached hydrogen (secondary N) is 2. The second kappa shape index (κ2) is 8.66. The van der Waals surface area contributed by atoms with Crippen molar-refractivity contribution >= 4 is 34.4 Å². The number of hydrogen-bond acceptors (Lipinski definition) is 4. The van der Waals surface area contributed by atoms with Crippen LogP contribution in [0.1, 0.15) is 70.4 Å². The van der Waals surface area contributed by atoms with Gasteiger partial charge in [-0.25, -0.2) is 9.78 Å². The van der Waals surface area contributed by atoms with Gasteiger partial charge in [-0.05, 0) is 70.9 Å². The third-order valence-electron chi connectivity index (χ3n) is 7.90. The largest absolute Gasteiger partial charge is 0.444 e. The van der Waals surface area contributed by atoms with Crippen molar-refractivity contribution in [2.45, 2.75) is 77.0 Å². The number of hydrogen-bond donors (Lipinski definition) is 2. The fourth-order valence-corrected chi connectivity index (χ4v) is 6.20. The van der Waals surface area contributed by atoms with Crippen molar-refractivity contribution in [3.05, 3.63) is 64.9 Å². The molecule has 0 aliphatic heterocycles. The zero-order chi connectivity index (χ0) is 24.8.